The number of hydrogen-bond acceptors (Lipinski definition) is 6. The normalized spacial score (nSPS) is 29.3. The number of carbonyl (C=O) groups excluding carboxylic acids is 1. The lowest BCUT2D eigenvalue weighted by atomic mass is 9.85. The smallest absolute Gasteiger partial charge is 0.156 e. The van der Waals surface area contributed by atoms with E-state index in [0.717, 1.165) is 45.3 Å². The summed E-state index contributed by atoms with van der Waals surface area (Å²) in [5, 5.41) is 29.2. The van der Waals surface area contributed by atoms with Crippen molar-refractivity contribution in [1.29, 1.82) is 0 Å². The molecule has 2 rings (SSSR count). The van der Waals surface area contributed by atoms with Gasteiger partial charge < -0.3 is 20.2 Å². The first kappa shape index (κ1) is 19.8. The van der Waals surface area contributed by atoms with Crippen molar-refractivity contribution in [3.63, 3.8) is 0 Å². The number of rotatable bonds is 8. The second kappa shape index (κ2) is 9.25. The fourth-order valence-electron chi connectivity index (χ4n) is 4.35. The molecule has 3 atom stereocenters. The van der Waals surface area contributed by atoms with E-state index in [1.807, 2.05) is 6.92 Å². The molecule has 0 radical (unpaired) electrons. The maximum Gasteiger partial charge on any atom is 0.156 e. The minimum absolute atomic E-state index is 0.0784. The summed E-state index contributed by atoms with van der Waals surface area (Å²) in [5.74, 6) is 0.522. The molecule has 0 aromatic rings. The number of carbonyl (C=O) groups is 1. The quantitative estimate of drug-likeness (QED) is 0.580. The van der Waals surface area contributed by atoms with Crippen LogP contribution in [0.1, 0.15) is 39.0 Å². The van der Waals surface area contributed by atoms with E-state index >= 15 is 0 Å². The molecule has 6 nitrogen and oxygen atoms in total. The molecule has 0 aromatic carbocycles. The highest BCUT2D eigenvalue weighted by atomic mass is 16.3. The van der Waals surface area contributed by atoms with E-state index < -0.39 is 5.54 Å². The van der Waals surface area contributed by atoms with Gasteiger partial charge in [0.15, 0.2) is 5.78 Å². The third-order valence-electron chi connectivity index (χ3n) is 5.83. The summed E-state index contributed by atoms with van der Waals surface area (Å²) < 4.78 is 0. The first-order chi connectivity index (χ1) is 11.6. The van der Waals surface area contributed by atoms with Crippen molar-refractivity contribution >= 4 is 5.78 Å². The van der Waals surface area contributed by atoms with E-state index in [1.165, 1.54) is 0 Å². The summed E-state index contributed by atoms with van der Waals surface area (Å²) >= 11 is 0. The monoisotopic (exact) mass is 342 g/mol. The number of aliphatic hydroxyl groups is 3. The predicted octanol–water partition coefficient (Wildman–Crippen LogP) is 0.105. The zero-order valence-corrected chi connectivity index (χ0v) is 15.0. The Balaban J connectivity index is 2.17. The van der Waals surface area contributed by atoms with Crippen molar-refractivity contribution in [1.82, 2.24) is 9.80 Å². The minimum Gasteiger partial charge on any atom is -0.396 e. The summed E-state index contributed by atoms with van der Waals surface area (Å²) in [7, 11) is 0. The Morgan fingerprint density at radius 2 is 1.67 bits per heavy atom. The molecule has 6 heteroatoms. The van der Waals surface area contributed by atoms with E-state index in [2.05, 4.69) is 9.80 Å². The van der Waals surface area contributed by atoms with Crippen molar-refractivity contribution in [3.05, 3.63) is 0 Å². The third kappa shape index (κ3) is 4.35. The lowest BCUT2D eigenvalue weighted by Crippen LogP contribution is -2.65. The van der Waals surface area contributed by atoms with Gasteiger partial charge in [-0.2, -0.15) is 0 Å². The van der Waals surface area contributed by atoms with Crippen molar-refractivity contribution in [3.8, 4) is 0 Å². The Hall–Kier alpha value is -0.530. The summed E-state index contributed by atoms with van der Waals surface area (Å²) in [4.78, 5) is 17.2. The van der Waals surface area contributed by atoms with Gasteiger partial charge in [0, 0.05) is 39.3 Å². The number of nitrogens with zero attached hydrogens (tertiary/aromatic N) is 2. The van der Waals surface area contributed by atoms with Gasteiger partial charge in [0.1, 0.15) is 5.54 Å². The van der Waals surface area contributed by atoms with Gasteiger partial charge >= 0.3 is 0 Å². The van der Waals surface area contributed by atoms with Crippen LogP contribution in [0.3, 0.4) is 0 Å². The molecule has 0 saturated carbocycles. The van der Waals surface area contributed by atoms with Gasteiger partial charge in [0.25, 0.3) is 0 Å². The van der Waals surface area contributed by atoms with Gasteiger partial charge in [-0.05, 0) is 50.6 Å². The lowest BCUT2D eigenvalue weighted by molar-refractivity contribution is -0.139. The predicted molar refractivity (Wildman–Crippen MR) is 92.7 cm³/mol. The molecule has 2 aliphatic heterocycles. The molecular formula is C18H34N2O4. The van der Waals surface area contributed by atoms with Crippen LogP contribution in [-0.2, 0) is 4.79 Å². The fourth-order valence-corrected chi connectivity index (χ4v) is 4.35. The second-order valence-corrected chi connectivity index (χ2v) is 7.53. The molecule has 3 N–H and O–H groups in total. The van der Waals surface area contributed by atoms with Gasteiger partial charge in [-0.1, -0.05) is 6.92 Å². The van der Waals surface area contributed by atoms with E-state index in [1.54, 1.807) is 0 Å². The van der Waals surface area contributed by atoms with Crippen LogP contribution in [0.4, 0.5) is 0 Å². The molecule has 3 unspecified atom stereocenters. The zero-order valence-electron chi connectivity index (χ0n) is 15.0. The Kier molecular flexibility index (Phi) is 7.62. The highest BCUT2D eigenvalue weighted by Crippen LogP contribution is 2.28. The third-order valence-corrected chi connectivity index (χ3v) is 5.83. The molecule has 0 bridgehead atoms. The Labute approximate surface area is 145 Å². The maximum atomic E-state index is 12.8. The minimum atomic E-state index is -0.875. The number of hydrogen-bond donors (Lipinski definition) is 3. The molecule has 140 valence electrons. The Morgan fingerprint density at radius 1 is 1.04 bits per heavy atom. The van der Waals surface area contributed by atoms with Gasteiger partial charge in [0.05, 0.1) is 6.61 Å². The van der Waals surface area contributed by atoms with Crippen LogP contribution in [-0.4, -0.2) is 89.0 Å². The van der Waals surface area contributed by atoms with Gasteiger partial charge in [-0.15, -0.1) is 0 Å². The number of piperidine rings is 2. The van der Waals surface area contributed by atoms with Gasteiger partial charge in [-0.3, -0.25) is 9.69 Å². The van der Waals surface area contributed by atoms with E-state index in [9.17, 15) is 20.1 Å². The van der Waals surface area contributed by atoms with Crippen LogP contribution >= 0.6 is 0 Å². The van der Waals surface area contributed by atoms with Gasteiger partial charge in [0.2, 0.25) is 0 Å². The average Bonchev–Trinajstić information content (AvgIpc) is 2.65. The van der Waals surface area contributed by atoms with Crippen LogP contribution in [0.25, 0.3) is 0 Å². The van der Waals surface area contributed by atoms with Crippen molar-refractivity contribution in [2.45, 2.75) is 44.6 Å². The van der Waals surface area contributed by atoms with Crippen molar-refractivity contribution < 1.29 is 20.1 Å². The fraction of sp³-hybridized carbons (Fsp3) is 0.944. The van der Waals surface area contributed by atoms with Crippen LogP contribution in [0.5, 0.6) is 0 Å². The number of Topliss-reactive ketones (excluding diaryl/α,β-unsaturated/α-hetero) is 1. The summed E-state index contributed by atoms with van der Waals surface area (Å²) in [6.45, 7) is 5.66. The standard InChI is InChI=1S/C18H34N2O4/c1-2-17(24)18(14-23,20-8-4-6-16(10-20)12-22)13-19-7-3-5-15(9-19)11-21/h15-16,21-23H,2-14H2,1H3. The molecular weight excluding hydrogens is 308 g/mol. The van der Waals surface area contributed by atoms with Crippen LogP contribution in [0, 0.1) is 11.8 Å². The number of likely N-dealkylation sites (tertiary alicyclic amines) is 2. The van der Waals surface area contributed by atoms with E-state index in [4.69, 9.17) is 0 Å². The van der Waals surface area contributed by atoms with E-state index in [-0.39, 0.29) is 37.4 Å². The topological polar surface area (TPSA) is 84.2 Å². The van der Waals surface area contributed by atoms with Gasteiger partial charge in [-0.25, -0.2) is 0 Å². The molecule has 2 heterocycles. The molecule has 2 saturated heterocycles. The summed E-state index contributed by atoms with van der Waals surface area (Å²) in [5.41, 5.74) is -0.875. The molecule has 0 aromatic heterocycles. The largest absolute Gasteiger partial charge is 0.396 e. The second-order valence-electron chi connectivity index (χ2n) is 7.53. The SMILES string of the molecule is CCC(=O)C(CO)(CN1CCCC(CO)C1)N1CCCC(CO)C1. The lowest BCUT2D eigenvalue weighted by Gasteiger charge is -2.48. The highest BCUT2D eigenvalue weighted by molar-refractivity contribution is 5.88. The molecule has 2 aliphatic rings. The molecule has 0 aliphatic carbocycles. The van der Waals surface area contributed by atoms with Crippen molar-refractivity contribution in [2.24, 2.45) is 11.8 Å². The molecule has 0 spiro atoms. The van der Waals surface area contributed by atoms with Crippen LogP contribution in [0.15, 0.2) is 0 Å². The van der Waals surface area contributed by atoms with E-state index in [0.29, 0.717) is 19.5 Å². The Morgan fingerprint density at radius 3 is 2.25 bits per heavy atom. The summed E-state index contributed by atoms with van der Waals surface area (Å²) in [6, 6.07) is 0. The van der Waals surface area contributed by atoms with Crippen LogP contribution in [0.2, 0.25) is 0 Å². The Bertz CT molecular complexity index is 406. The zero-order chi connectivity index (χ0) is 17.6. The number of aliphatic hydroxyl groups excluding tert-OH is 3. The number of ketones is 1. The first-order valence-electron chi connectivity index (χ1n) is 9.42. The van der Waals surface area contributed by atoms with Crippen molar-refractivity contribution in [2.75, 3.05) is 52.5 Å². The summed E-state index contributed by atoms with van der Waals surface area (Å²) in [6.07, 6.45) is 4.37. The molecule has 0 amide bonds. The first-order valence-corrected chi connectivity index (χ1v) is 9.42. The van der Waals surface area contributed by atoms with Crippen LogP contribution < -0.4 is 0 Å². The highest BCUT2D eigenvalue weighted by Gasteiger charge is 2.45. The maximum absolute atomic E-state index is 12.8. The molecule has 2 fully saturated rings. The average molecular weight is 342 g/mol. The molecule has 24 heavy (non-hydrogen) atoms.